The van der Waals surface area contributed by atoms with Crippen LogP contribution in [0.4, 0.5) is 45.5 Å². The second-order valence-corrected chi connectivity index (χ2v) is 19.3. The molecule has 8 aromatic carbocycles. The highest BCUT2D eigenvalue weighted by Gasteiger charge is 2.59. The predicted molar refractivity (Wildman–Crippen MR) is 265 cm³/mol. The van der Waals surface area contributed by atoms with Gasteiger partial charge < -0.3 is 14.7 Å². The van der Waals surface area contributed by atoms with E-state index in [1.165, 1.54) is 120 Å². The van der Waals surface area contributed by atoms with Gasteiger partial charge in [-0.25, -0.2) is 0 Å². The highest BCUT2D eigenvalue weighted by Crippen LogP contribution is 2.62. The summed E-state index contributed by atoms with van der Waals surface area (Å²) in [4.78, 5) is 8.03. The second kappa shape index (κ2) is 13.1. The van der Waals surface area contributed by atoms with Crippen molar-refractivity contribution >= 4 is 68.6 Å². The zero-order chi connectivity index (χ0) is 42.2. The molecule has 0 amide bonds. The third kappa shape index (κ3) is 4.71. The molecule has 0 spiro atoms. The molecule has 1 fully saturated rings. The number of hydrogen-bond acceptors (Lipinski definition) is 3. The van der Waals surface area contributed by atoms with Gasteiger partial charge in [0.25, 0.3) is 6.71 Å². The van der Waals surface area contributed by atoms with Crippen molar-refractivity contribution in [2.75, 3.05) is 14.7 Å². The highest BCUT2D eigenvalue weighted by atomic mass is 15.3. The molecular formula is C59H50BN3. The molecule has 13 rings (SSSR count). The topological polar surface area (TPSA) is 9.72 Å². The monoisotopic (exact) mass is 811 g/mol. The van der Waals surface area contributed by atoms with Crippen LogP contribution >= 0.6 is 0 Å². The summed E-state index contributed by atoms with van der Waals surface area (Å²) in [5.74, 6) is 0. The van der Waals surface area contributed by atoms with Crippen LogP contribution in [0.5, 0.6) is 0 Å². The number of rotatable bonds is 5. The Labute approximate surface area is 372 Å². The van der Waals surface area contributed by atoms with Crippen molar-refractivity contribution in [1.82, 2.24) is 0 Å². The van der Waals surface area contributed by atoms with Crippen LogP contribution in [-0.4, -0.2) is 12.3 Å². The van der Waals surface area contributed by atoms with Gasteiger partial charge in [0.1, 0.15) is 0 Å². The van der Waals surface area contributed by atoms with E-state index in [-0.39, 0.29) is 17.7 Å². The van der Waals surface area contributed by atoms with Gasteiger partial charge in [0.15, 0.2) is 0 Å². The molecule has 3 nitrogen and oxygen atoms in total. The fraction of sp³-hybridized carbons (Fsp3) is 0.186. The maximum absolute atomic E-state index is 2.77. The van der Waals surface area contributed by atoms with Gasteiger partial charge in [0, 0.05) is 50.9 Å². The van der Waals surface area contributed by atoms with Crippen LogP contribution in [-0.2, 0) is 10.8 Å². The fourth-order valence-electron chi connectivity index (χ4n) is 13.4. The average molecular weight is 812 g/mol. The van der Waals surface area contributed by atoms with Crippen molar-refractivity contribution < 1.29 is 0 Å². The Morgan fingerprint density at radius 2 is 0.857 bits per heavy atom. The van der Waals surface area contributed by atoms with E-state index in [0.717, 1.165) is 6.42 Å². The van der Waals surface area contributed by atoms with Crippen LogP contribution in [0, 0.1) is 13.8 Å². The molecule has 5 aliphatic rings. The van der Waals surface area contributed by atoms with Crippen LogP contribution in [0.15, 0.2) is 182 Å². The molecule has 1 aliphatic carbocycles. The van der Waals surface area contributed by atoms with E-state index in [1.807, 2.05) is 0 Å². The summed E-state index contributed by atoms with van der Waals surface area (Å²) in [5.41, 5.74) is 22.9. The fourth-order valence-corrected chi connectivity index (χ4v) is 13.4. The molecule has 0 N–H and O–H groups in total. The largest absolute Gasteiger partial charge is 0.334 e. The van der Waals surface area contributed by atoms with E-state index in [9.17, 15) is 0 Å². The Balaban J connectivity index is 1.22. The third-order valence-corrected chi connectivity index (χ3v) is 16.1. The number of aryl methyl sites for hydroxylation is 2. The van der Waals surface area contributed by atoms with Crippen molar-refractivity contribution in [3.8, 4) is 0 Å². The maximum Gasteiger partial charge on any atom is 0.253 e. The van der Waals surface area contributed by atoms with Crippen LogP contribution in [0.1, 0.15) is 78.5 Å². The summed E-state index contributed by atoms with van der Waals surface area (Å²) < 4.78 is 0. The SMILES string of the molecule is Cc1cc2c3c(c1)C(c1ccccc1)(c1ccccc1)c1cc(C)cc4c1B3c1c(cc(N3c5ccccc5C5(C)CCCCC35C)cc1N4c1ccccc1)N2c1ccccc1. The molecule has 2 atom stereocenters. The number of anilines is 8. The summed E-state index contributed by atoms with van der Waals surface area (Å²) in [6.45, 7) is 9.74. The first-order valence-corrected chi connectivity index (χ1v) is 23.0. The maximum atomic E-state index is 2.77. The Kier molecular flexibility index (Phi) is 7.68. The lowest BCUT2D eigenvalue weighted by atomic mass is 9.28. The quantitative estimate of drug-likeness (QED) is 0.160. The minimum absolute atomic E-state index is 0.0159. The molecule has 0 saturated heterocycles. The molecule has 0 bridgehead atoms. The van der Waals surface area contributed by atoms with E-state index in [1.54, 1.807) is 0 Å². The smallest absolute Gasteiger partial charge is 0.253 e. The number of para-hydroxylation sites is 3. The molecule has 2 unspecified atom stereocenters. The van der Waals surface area contributed by atoms with Crippen LogP contribution in [0.2, 0.25) is 0 Å². The van der Waals surface area contributed by atoms with Crippen LogP contribution in [0.3, 0.4) is 0 Å². The Bertz CT molecular complexity index is 2980. The summed E-state index contributed by atoms with van der Waals surface area (Å²) in [6.07, 6.45) is 4.84. The minimum atomic E-state index is -0.579. The molecule has 63 heavy (non-hydrogen) atoms. The molecule has 1 saturated carbocycles. The Morgan fingerprint density at radius 1 is 0.413 bits per heavy atom. The summed E-state index contributed by atoms with van der Waals surface area (Å²) in [6, 6.07) is 69.6. The molecule has 304 valence electrons. The van der Waals surface area contributed by atoms with Crippen molar-refractivity contribution in [3.63, 3.8) is 0 Å². The summed E-state index contributed by atoms with van der Waals surface area (Å²) in [7, 11) is 0. The molecule has 0 radical (unpaired) electrons. The number of fused-ring (bicyclic) bond motifs is 3. The highest BCUT2D eigenvalue weighted by molar-refractivity contribution is 7.01. The van der Waals surface area contributed by atoms with Crippen molar-refractivity contribution in [2.45, 2.75) is 69.7 Å². The van der Waals surface area contributed by atoms with Crippen molar-refractivity contribution in [2.24, 2.45) is 0 Å². The molecule has 4 aliphatic heterocycles. The van der Waals surface area contributed by atoms with Crippen molar-refractivity contribution in [3.05, 3.63) is 221 Å². The van der Waals surface area contributed by atoms with E-state index >= 15 is 0 Å². The summed E-state index contributed by atoms with van der Waals surface area (Å²) >= 11 is 0. The van der Waals surface area contributed by atoms with E-state index in [4.69, 9.17) is 0 Å². The molecular weight excluding hydrogens is 761 g/mol. The van der Waals surface area contributed by atoms with Gasteiger partial charge in [0.05, 0.1) is 11.0 Å². The average Bonchev–Trinajstić information content (AvgIpc) is 3.53. The zero-order valence-corrected chi connectivity index (χ0v) is 36.6. The first kappa shape index (κ1) is 36.8. The first-order chi connectivity index (χ1) is 30.8. The van der Waals surface area contributed by atoms with Crippen LogP contribution < -0.4 is 31.1 Å². The lowest BCUT2D eigenvalue weighted by molar-refractivity contribution is 0.195. The molecule has 8 aromatic rings. The van der Waals surface area contributed by atoms with Gasteiger partial charge in [0.2, 0.25) is 0 Å². The van der Waals surface area contributed by atoms with E-state index < -0.39 is 5.41 Å². The summed E-state index contributed by atoms with van der Waals surface area (Å²) in [5, 5.41) is 0. The predicted octanol–water partition coefficient (Wildman–Crippen LogP) is 12.8. The Morgan fingerprint density at radius 3 is 1.38 bits per heavy atom. The lowest BCUT2D eigenvalue weighted by Crippen LogP contribution is -2.68. The lowest BCUT2D eigenvalue weighted by Gasteiger charge is -2.53. The number of nitrogens with zero attached hydrogens (tertiary/aromatic N) is 3. The first-order valence-electron chi connectivity index (χ1n) is 23.0. The van der Waals surface area contributed by atoms with E-state index in [0.29, 0.717) is 0 Å². The Hall–Kier alpha value is -6.78. The van der Waals surface area contributed by atoms with Gasteiger partial charge in [-0.1, -0.05) is 147 Å². The van der Waals surface area contributed by atoms with Gasteiger partial charge >= 0.3 is 0 Å². The van der Waals surface area contributed by atoms with Crippen molar-refractivity contribution in [1.29, 1.82) is 0 Å². The van der Waals surface area contributed by atoms with Gasteiger partial charge in [-0.05, 0) is 144 Å². The molecule has 4 heterocycles. The minimum Gasteiger partial charge on any atom is -0.334 e. The van der Waals surface area contributed by atoms with E-state index in [2.05, 4.69) is 224 Å². The zero-order valence-electron chi connectivity index (χ0n) is 36.6. The van der Waals surface area contributed by atoms with Gasteiger partial charge in [-0.2, -0.15) is 0 Å². The number of benzene rings is 8. The van der Waals surface area contributed by atoms with Crippen LogP contribution in [0.25, 0.3) is 0 Å². The second-order valence-electron chi connectivity index (χ2n) is 19.3. The normalized spacial score (nSPS) is 20.6. The number of hydrogen-bond donors (Lipinski definition) is 0. The molecule has 0 aromatic heterocycles. The third-order valence-electron chi connectivity index (χ3n) is 16.1. The molecule has 4 heteroatoms. The standard InChI is InChI=1S/C59H50BN3/c1-39-33-47-54-50(35-39)61(43-25-13-7-14-26-43)52-37-45(63-49-30-18-17-29-46(49)57(3)31-19-20-32-58(57,63)4)38-53-56(52)60(54)55-48(34-40(2)36-51(55)62(53)44-27-15-8-16-28-44)59(47,41-21-9-5-10-22-41)42-23-11-6-12-24-42/h5-18,21-30,33-38H,19-20,31-32H2,1-4H3. The van der Waals surface area contributed by atoms with Gasteiger partial charge in [-0.3, -0.25) is 0 Å². The van der Waals surface area contributed by atoms with Gasteiger partial charge in [-0.15, -0.1) is 0 Å².